The van der Waals surface area contributed by atoms with Gasteiger partial charge in [-0.15, -0.1) is 0 Å². The summed E-state index contributed by atoms with van der Waals surface area (Å²) in [5, 5.41) is 11.6. The van der Waals surface area contributed by atoms with Crippen LogP contribution in [0.3, 0.4) is 0 Å². The van der Waals surface area contributed by atoms with Crippen LogP contribution >= 0.6 is 0 Å². The second-order valence-electron chi connectivity index (χ2n) is 6.33. The number of carbonyl (C=O) groups is 2. The predicted octanol–water partition coefficient (Wildman–Crippen LogP) is 1.57. The van der Waals surface area contributed by atoms with Gasteiger partial charge in [0.2, 0.25) is 5.91 Å². The fourth-order valence-corrected chi connectivity index (χ4v) is 2.96. The van der Waals surface area contributed by atoms with E-state index < -0.39 is 11.9 Å². The van der Waals surface area contributed by atoms with Crippen LogP contribution in [0.25, 0.3) is 11.3 Å². The summed E-state index contributed by atoms with van der Waals surface area (Å²) in [5.41, 5.74) is 8.38. The zero-order chi connectivity index (χ0) is 18.5. The van der Waals surface area contributed by atoms with E-state index in [1.807, 2.05) is 36.4 Å². The number of amides is 1. The Labute approximate surface area is 151 Å². The Kier molecular flexibility index (Phi) is 5.48. The number of nitrogens with zero attached hydrogens (tertiary/aromatic N) is 1. The second kappa shape index (κ2) is 7.97. The van der Waals surface area contributed by atoms with E-state index in [-0.39, 0.29) is 18.4 Å². The number of aromatic nitrogens is 1. The van der Waals surface area contributed by atoms with Gasteiger partial charge in [0.05, 0.1) is 24.1 Å². The lowest BCUT2D eigenvalue weighted by molar-refractivity contribution is -0.140. The maximum absolute atomic E-state index is 11.7. The molecule has 0 bridgehead atoms. The average molecular weight is 355 g/mol. The Balaban J connectivity index is 1.54. The van der Waals surface area contributed by atoms with E-state index in [1.165, 1.54) is 0 Å². The lowest BCUT2D eigenvalue weighted by atomic mass is 10.0. The number of pyridine rings is 1. The van der Waals surface area contributed by atoms with Gasteiger partial charge in [0, 0.05) is 18.3 Å². The number of hydrogen-bond acceptors (Lipinski definition) is 5. The summed E-state index contributed by atoms with van der Waals surface area (Å²) in [7, 11) is 0. The zero-order valence-electron chi connectivity index (χ0n) is 14.2. The first kappa shape index (κ1) is 17.9. The molecule has 0 saturated carbocycles. The predicted molar refractivity (Wildman–Crippen MR) is 95.3 cm³/mol. The Morgan fingerprint density at radius 3 is 2.65 bits per heavy atom. The topological polar surface area (TPSA) is 115 Å². The van der Waals surface area contributed by atoms with E-state index >= 15 is 0 Å². The number of carboxylic acid groups (broad SMARTS) is 1. The molecule has 0 spiro atoms. The highest BCUT2D eigenvalue weighted by atomic mass is 16.5. The molecule has 0 aliphatic carbocycles. The third-order valence-corrected chi connectivity index (χ3v) is 4.37. The molecule has 7 heteroatoms. The first-order chi connectivity index (χ1) is 12.5. The quantitative estimate of drug-likeness (QED) is 0.694. The zero-order valence-corrected chi connectivity index (χ0v) is 14.2. The summed E-state index contributed by atoms with van der Waals surface area (Å²) < 4.78 is 5.72. The van der Waals surface area contributed by atoms with E-state index in [9.17, 15) is 9.59 Å². The molecule has 4 N–H and O–H groups in total. The molecule has 26 heavy (non-hydrogen) atoms. The number of rotatable bonds is 7. The molecule has 1 amide bonds. The summed E-state index contributed by atoms with van der Waals surface area (Å²) in [6.07, 6.45) is 2.09. The minimum absolute atomic E-state index is 0.146. The van der Waals surface area contributed by atoms with Gasteiger partial charge in [-0.3, -0.25) is 14.6 Å². The number of nitrogens with one attached hydrogen (secondary N) is 1. The van der Waals surface area contributed by atoms with Gasteiger partial charge in [-0.1, -0.05) is 6.07 Å². The smallest absolute Gasteiger partial charge is 0.304 e. The summed E-state index contributed by atoms with van der Waals surface area (Å²) in [4.78, 5) is 26.9. The van der Waals surface area contributed by atoms with Crippen molar-refractivity contribution < 1.29 is 19.4 Å². The van der Waals surface area contributed by atoms with E-state index in [2.05, 4.69) is 10.3 Å². The van der Waals surface area contributed by atoms with E-state index in [0.29, 0.717) is 25.3 Å². The molecule has 1 aromatic carbocycles. The van der Waals surface area contributed by atoms with Gasteiger partial charge in [0.25, 0.3) is 0 Å². The molecule has 7 nitrogen and oxygen atoms in total. The summed E-state index contributed by atoms with van der Waals surface area (Å²) in [6.45, 7) is 0.774. The number of carbonyl (C=O) groups excluding carboxylic acids is 1. The number of benzene rings is 1. The third-order valence-electron chi connectivity index (χ3n) is 4.37. The fourth-order valence-electron chi connectivity index (χ4n) is 2.96. The summed E-state index contributed by atoms with van der Waals surface area (Å²) >= 11 is 0. The molecular weight excluding hydrogens is 334 g/mol. The molecule has 2 aromatic rings. The third kappa shape index (κ3) is 4.37. The van der Waals surface area contributed by atoms with Crippen molar-refractivity contribution in [2.24, 2.45) is 11.7 Å². The molecule has 2 heterocycles. The molecule has 2 atom stereocenters. The van der Waals surface area contributed by atoms with E-state index in [4.69, 9.17) is 15.6 Å². The highest BCUT2D eigenvalue weighted by Crippen LogP contribution is 2.23. The Morgan fingerprint density at radius 2 is 2.04 bits per heavy atom. The van der Waals surface area contributed by atoms with Crippen LogP contribution in [-0.2, 0) is 16.1 Å². The monoisotopic (exact) mass is 355 g/mol. The Hall–Kier alpha value is -2.93. The lowest BCUT2D eigenvalue weighted by Gasteiger charge is -2.12. The van der Waals surface area contributed by atoms with Crippen molar-refractivity contribution in [3.8, 4) is 17.0 Å². The number of nitrogens with two attached hydrogens (primary N) is 1. The van der Waals surface area contributed by atoms with E-state index in [1.54, 1.807) is 6.20 Å². The van der Waals surface area contributed by atoms with Crippen LogP contribution in [0.15, 0.2) is 42.6 Å². The van der Waals surface area contributed by atoms with Gasteiger partial charge in [0.1, 0.15) is 12.4 Å². The second-order valence-corrected chi connectivity index (χ2v) is 6.33. The van der Waals surface area contributed by atoms with Gasteiger partial charge in [0.15, 0.2) is 0 Å². The largest absolute Gasteiger partial charge is 0.491 e. The molecule has 1 aromatic heterocycles. The molecule has 1 aliphatic rings. The van der Waals surface area contributed by atoms with Gasteiger partial charge in [-0.2, -0.15) is 0 Å². The molecule has 1 aliphatic heterocycles. The first-order valence-corrected chi connectivity index (χ1v) is 8.45. The molecule has 3 rings (SSSR count). The van der Waals surface area contributed by atoms with Gasteiger partial charge in [-0.05, 0) is 42.3 Å². The van der Waals surface area contributed by atoms with Crippen LogP contribution in [0.5, 0.6) is 5.75 Å². The van der Waals surface area contributed by atoms with Gasteiger partial charge < -0.3 is 20.9 Å². The van der Waals surface area contributed by atoms with Gasteiger partial charge >= 0.3 is 5.97 Å². The van der Waals surface area contributed by atoms with Crippen LogP contribution in [0.1, 0.15) is 18.4 Å². The maximum atomic E-state index is 11.7. The van der Waals surface area contributed by atoms with Crippen LogP contribution < -0.4 is 15.8 Å². The van der Waals surface area contributed by atoms with Crippen molar-refractivity contribution in [1.29, 1.82) is 0 Å². The molecular formula is C19H21N3O4. The highest BCUT2D eigenvalue weighted by Gasteiger charge is 2.33. The van der Waals surface area contributed by atoms with Gasteiger partial charge in [-0.25, -0.2) is 0 Å². The standard InChI is InChI=1S/C19H21N3O4/c20-9-12-1-6-17(21-10-12)13-2-4-16(5-3-13)26-11-15-7-14(8-18(23)24)19(25)22-15/h1-6,10,14-15H,7-9,11,20H2,(H,22,25)(H,23,24)/t14-,15-/m0/s1. The van der Waals surface area contributed by atoms with Crippen LogP contribution in [-0.4, -0.2) is 34.6 Å². The SMILES string of the molecule is NCc1ccc(-c2ccc(OC[C@@H]3C[C@@H](CC(=O)O)C(=O)N3)cc2)nc1. The minimum atomic E-state index is -0.963. The normalized spacial score (nSPS) is 19.2. The maximum Gasteiger partial charge on any atom is 0.304 e. The Morgan fingerprint density at radius 1 is 1.27 bits per heavy atom. The number of hydrogen-bond donors (Lipinski definition) is 3. The van der Waals surface area contributed by atoms with Crippen molar-refractivity contribution in [1.82, 2.24) is 10.3 Å². The first-order valence-electron chi connectivity index (χ1n) is 8.45. The molecule has 0 radical (unpaired) electrons. The van der Waals surface area contributed by atoms with Crippen molar-refractivity contribution >= 4 is 11.9 Å². The van der Waals surface area contributed by atoms with Crippen molar-refractivity contribution in [3.63, 3.8) is 0 Å². The summed E-state index contributed by atoms with van der Waals surface area (Å²) in [6, 6.07) is 11.2. The molecule has 0 unspecified atom stereocenters. The molecule has 1 fully saturated rings. The number of aliphatic carboxylic acids is 1. The van der Waals surface area contributed by atoms with Crippen LogP contribution in [0, 0.1) is 5.92 Å². The molecule has 1 saturated heterocycles. The highest BCUT2D eigenvalue weighted by molar-refractivity contribution is 5.85. The number of ether oxygens (including phenoxy) is 1. The molecule has 136 valence electrons. The Bertz CT molecular complexity index is 774. The van der Waals surface area contributed by atoms with E-state index in [0.717, 1.165) is 16.8 Å². The van der Waals surface area contributed by atoms with Crippen molar-refractivity contribution in [2.75, 3.05) is 6.61 Å². The van der Waals surface area contributed by atoms with Crippen LogP contribution in [0.2, 0.25) is 0 Å². The average Bonchev–Trinajstić information content (AvgIpc) is 2.99. The fraction of sp³-hybridized carbons (Fsp3) is 0.316. The van der Waals surface area contributed by atoms with Crippen molar-refractivity contribution in [3.05, 3.63) is 48.2 Å². The number of carboxylic acids is 1. The summed E-state index contributed by atoms with van der Waals surface area (Å²) in [5.74, 6) is -0.979. The lowest BCUT2D eigenvalue weighted by Crippen LogP contribution is -2.31. The van der Waals surface area contributed by atoms with Crippen molar-refractivity contribution in [2.45, 2.75) is 25.4 Å². The van der Waals surface area contributed by atoms with Crippen LogP contribution in [0.4, 0.5) is 0 Å². The minimum Gasteiger partial charge on any atom is -0.491 e.